The minimum absolute atomic E-state index is 0.00311. The zero-order chi connectivity index (χ0) is 97.0. The van der Waals surface area contributed by atoms with Crippen molar-refractivity contribution in [3.63, 3.8) is 0 Å². The maximum atomic E-state index is 13.7. The number of para-hydroxylation sites is 4. The average molecular weight is 1940 g/mol. The second-order valence-electron chi connectivity index (χ2n) is 38.1. The predicted molar refractivity (Wildman–Crippen MR) is 549 cm³/mol. The van der Waals surface area contributed by atoms with Crippen molar-refractivity contribution in [2.24, 2.45) is 15.0 Å². The smallest absolute Gasteiger partial charge is 0.270 e. The zero-order valence-electron chi connectivity index (χ0n) is 78.6. The number of hydrogen-bond acceptors (Lipinski definition) is 21. The number of aromatic nitrogens is 11. The highest BCUT2D eigenvalue weighted by Gasteiger charge is 2.53. The van der Waals surface area contributed by atoms with E-state index in [1.165, 1.54) is 42.8 Å². The molecule has 718 valence electrons. The number of rotatable bonds is 20. The van der Waals surface area contributed by atoms with E-state index < -0.39 is 17.8 Å². The van der Waals surface area contributed by atoms with Crippen molar-refractivity contribution in [3.8, 4) is 11.3 Å². The molecule has 0 radical (unpaired) electrons. The van der Waals surface area contributed by atoms with E-state index >= 15 is 0 Å². The van der Waals surface area contributed by atoms with Gasteiger partial charge in [0.1, 0.15) is 50.0 Å². The lowest BCUT2D eigenvalue weighted by Crippen LogP contribution is -2.51. The Labute approximate surface area is 821 Å². The molecule has 0 bridgehead atoms. The van der Waals surface area contributed by atoms with Gasteiger partial charge >= 0.3 is 0 Å². The second-order valence-corrected chi connectivity index (χ2v) is 38.9. The van der Waals surface area contributed by atoms with E-state index in [0.29, 0.717) is 83.7 Å². The van der Waals surface area contributed by atoms with Crippen LogP contribution in [0.3, 0.4) is 0 Å². The molecule has 8 atom stereocenters. The van der Waals surface area contributed by atoms with Gasteiger partial charge in [-0.15, -0.1) is 0 Å². The van der Waals surface area contributed by atoms with Crippen molar-refractivity contribution in [3.05, 3.63) is 304 Å². The molecule has 0 spiro atoms. The molecule has 25 rings (SSSR count). The number of hydrogen-bond donors (Lipinski definition) is 7. The molecule has 8 aromatic carbocycles. The van der Waals surface area contributed by atoms with Gasteiger partial charge in [0, 0.05) is 99.2 Å². The third kappa shape index (κ3) is 17.3. The lowest BCUT2D eigenvalue weighted by atomic mass is 10.1. The number of thiocarbonyl (C=S) groups is 2. The number of alkyl halides is 6. The first-order chi connectivity index (χ1) is 68.2. The Balaban J connectivity index is 0.000000108. The van der Waals surface area contributed by atoms with Crippen LogP contribution in [0.4, 0.5) is 95.8 Å². The summed E-state index contributed by atoms with van der Waals surface area (Å²) >= 11 is 11.9. The van der Waals surface area contributed by atoms with Crippen LogP contribution in [0.15, 0.2) is 258 Å². The number of benzene rings is 8. The van der Waals surface area contributed by atoms with Crippen molar-refractivity contribution in [1.82, 2.24) is 68.4 Å². The van der Waals surface area contributed by atoms with Crippen LogP contribution in [-0.4, -0.2) is 165 Å². The summed E-state index contributed by atoms with van der Waals surface area (Å²) in [6, 6.07) is 75.5. The quantitative estimate of drug-likeness (QED) is 0.0276. The van der Waals surface area contributed by atoms with Gasteiger partial charge in [-0.1, -0.05) is 200 Å². The van der Waals surface area contributed by atoms with Crippen LogP contribution in [-0.2, 0) is 43.9 Å². The topological polar surface area (TPSA) is 266 Å². The van der Waals surface area contributed by atoms with E-state index in [-0.39, 0.29) is 52.4 Å². The summed E-state index contributed by atoms with van der Waals surface area (Å²) in [6.07, 6.45) is 15.0. The van der Waals surface area contributed by atoms with Crippen molar-refractivity contribution < 1.29 is 26.3 Å². The number of nitrogens with zero attached hydrogens (tertiary/aromatic N) is 20. The predicted octanol–water partition coefficient (Wildman–Crippen LogP) is 21.2. The molecule has 13 heterocycles. The highest BCUT2D eigenvalue weighted by molar-refractivity contribution is 7.81. The van der Waals surface area contributed by atoms with Crippen LogP contribution < -0.4 is 46.8 Å². The van der Waals surface area contributed by atoms with Gasteiger partial charge in [0.05, 0.1) is 85.3 Å². The summed E-state index contributed by atoms with van der Waals surface area (Å²) in [6.45, 7) is 4.49. The average Bonchev–Trinajstić information content (AvgIpc) is 1.57. The van der Waals surface area contributed by atoms with Crippen LogP contribution in [0.25, 0.3) is 22.3 Å². The van der Waals surface area contributed by atoms with Crippen LogP contribution in [0.5, 0.6) is 0 Å². The fraction of sp³-hybridized carbons (Fsp3) is 0.311. The summed E-state index contributed by atoms with van der Waals surface area (Å²) in [4.78, 5) is 38.1. The van der Waals surface area contributed by atoms with E-state index in [1.807, 2.05) is 179 Å². The lowest BCUT2D eigenvalue weighted by Gasteiger charge is -2.35. The van der Waals surface area contributed by atoms with Crippen molar-refractivity contribution >= 4 is 139 Å². The molecule has 11 aliphatic rings. The molecule has 7 N–H and O–H groups in total. The zero-order valence-corrected chi connectivity index (χ0v) is 80.2. The van der Waals surface area contributed by atoms with Gasteiger partial charge in [0.2, 0.25) is 23.8 Å². The molecule has 141 heavy (non-hydrogen) atoms. The molecule has 14 aromatic rings. The normalized spacial score (nSPS) is 20.3. The fourth-order valence-corrected chi connectivity index (χ4v) is 21.9. The molecule has 35 heteroatoms. The lowest BCUT2D eigenvalue weighted by molar-refractivity contribution is 0.0168. The Hall–Kier alpha value is -14.9. The highest BCUT2D eigenvalue weighted by Crippen LogP contribution is 2.50. The van der Waals surface area contributed by atoms with E-state index in [2.05, 4.69) is 102 Å². The first-order valence-corrected chi connectivity index (χ1v) is 48.9. The number of pyridine rings is 1. The monoisotopic (exact) mass is 1930 g/mol. The largest absolute Gasteiger partial charge is 0.351 e. The minimum Gasteiger partial charge on any atom is -0.351 e. The van der Waals surface area contributed by atoms with Gasteiger partial charge < -0.3 is 36.4 Å². The molecule has 7 aliphatic heterocycles. The summed E-state index contributed by atoms with van der Waals surface area (Å²) < 4.78 is 92.0. The third-order valence-electron chi connectivity index (χ3n) is 28.6. The Morgan fingerprint density at radius 2 is 0.723 bits per heavy atom. The van der Waals surface area contributed by atoms with Crippen LogP contribution in [0.1, 0.15) is 159 Å². The third-order valence-corrected chi connectivity index (χ3v) is 29.5. The van der Waals surface area contributed by atoms with E-state index in [1.54, 1.807) is 36.4 Å². The minimum atomic E-state index is -2.88. The molecule has 6 aromatic heterocycles. The Kier molecular flexibility index (Phi) is 23.8. The van der Waals surface area contributed by atoms with Gasteiger partial charge in [-0.3, -0.25) is 40.0 Å². The first-order valence-electron chi connectivity index (χ1n) is 48.0. The summed E-state index contributed by atoms with van der Waals surface area (Å²) in [7, 11) is 5.87. The summed E-state index contributed by atoms with van der Waals surface area (Å²) in [5.74, 6) is 0.496. The van der Waals surface area contributed by atoms with E-state index in [9.17, 15) is 26.3 Å². The van der Waals surface area contributed by atoms with Gasteiger partial charge in [-0.25, -0.2) is 60.0 Å². The van der Waals surface area contributed by atoms with Gasteiger partial charge in [-0.2, -0.15) is 25.4 Å². The molecule has 0 amide bonds. The number of fused-ring (bicyclic) bond motifs is 20. The second kappa shape index (κ2) is 36.7. The molecule has 4 aliphatic carbocycles. The van der Waals surface area contributed by atoms with E-state index in [4.69, 9.17) is 70.6 Å². The molecule has 27 nitrogen and oxygen atoms in total. The number of halogens is 6. The van der Waals surface area contributed by atoms with Gasteiger partial charge in [0.25, 0.3) is 17.8 Å². The molecular weight excluding hydrogens is 1830 g/mol. The Morgan fingerprint density at radius 3 is 1.11 bits per heavy atom. The fourth-order valence-electron chi connectivity index (χ4n) is 21.4. The standard InChI is InChI=1S/C29H27N7S.C26H27F2N7.C26H26F2N6S.C25H25F2N7/c1-34-28(37)25-26(31-21-8-3-2-4-9-21)35(33-27(25)36-24-12-7-11-23(24)32-29(34)36)18-19-13-15-20(16-14-19)22-10-5-6-17-30-22;1-26(27,28)17-13-11-16(12-14-17)15-34-23(30-18-7-4-3-5-8-18)21-22(29)33(2)25-31-19-9-6-10-20(19)35(25)24(21)32-34;1-26(27,28)17-13-11-16(12-14-17)15-33-22(29-18-7-4-3-5-8-18)21-23(31-33)34-20-10-6-9-19(20)30-25(34)32(2)24(21)35;1-25(26,27)16-12-10-15(11-13-16)14-33-22(29-17-6-3-2-4-7-17)20-21(28)31-24-30-18-8-5-9-19(18)34(24)23(20)32-33/h2-6,8-10,13-17,23-24,31H,7,11-12,18H2,1H3;3-5,7-8,11-14,19-20,29-30H,6,9-10,15H2,1-2H3;3-5,7-8,11-14,19-20,29H,6,9-10,15H2,1-2H3;2-4,6-7,10-13,18-19,29H,5,8-9,14H2,1H3,(H2,28,30,31)/t23-,24+;2*19-,20+;18-,19+/m1111/s1. The van der Waals surface area contributed by atoms with Crippen molar-refractivity contribution in [1.29, 1.82) is 10.8 Å². The van der Waals surface area contributed by atoms with Crippen LogP contribution in [0, 0.1) is 10.8 Å². The van der Waals surface area contributed by atoms with Crippen molar-refractivity contribution in [2.45, 2.75) is 190 Å². The Morgan fingerprint density at radius 1 is 0.383 bits per heavy atom. The maximum Gasteiger partial charge on any atom is 0.270 e. The number of nitrogens with one attached hydrogen (secondary N) is 7. The van der Waals surface area contributed by atoms with Gasteiger partial charge in [-0.05, 0) is 160 Å². The Bertz CT molecular complexity index is 7060. The van der Waals surface area contributed by atoms with Gasteiger partial charge in [0.15, 0.2) is 28.6 Å². The molecule has 4 fully saturated rings. The first kappa shape index (κ1) is 91.2. The number of guanidine groups is 3. The number of aliphatic imine (C=N–C) groups is 3. The molecule has 0 unspecified atom stereocenters. The maximum absolute atomic E-state index is 13.7. The highest BCUT2D eigenvalue weighted by atomic mass is 32.1. The van der Waals surface area contributed by atoms with Crippen LogP contribution in [0.2, 0.25) is 0 Å². The van der Waals surface area contributed by atoms with Crippen molar-refractivity contribution in [2.75, 3.05) is 62.4 Å². The number of amidine groups is 1. The summed E-state index contributed by atoms with van der Waals surface area (Å²) in [5, 5.41) is 56.0. The molecule has 0 saturated heterocycles. The van der Waals surface area contributed by atoms with E-state index in [0.717, 1.165) is 216 Å². The molecular formula is C106H105F6N27S2. The number of anilines is 12. The van der Waals surface area contributed by atoms with Crippen LogP contribution >= 0.6 is 24.4 Å². The SMILES string of the molecule is CC(F)(F)c1ccc(Cn2nc3c(c2Nc2ccccc2)c(=N)nc2n3[C@H]3CCC[C@H]3N2)cc1.CN1C(=N)c2c(nn(Cc3ccc(C(C)(F)F)cc3)c2Nc2ccccc2)N2C1=N[C@@H]1CCC[C@@H]12.CN1C(=S)c2c(nn(Cc3ccc(-c4ccccn4)cc3)c2Nc2ccccc2)N2C1=N[C@@H]1CCC[C@@H]12.CN1C(=S)c2c(nn(Cc3ccc(C(C)(F)F)cc3)c2Nc2ccccc2)N2C1=N[C@@H]1CCC[C@@H]12. The summed E-state index contributed by atoms with van der Waals surface area (Å²) in [5.41, 5.74) is 12.9. The molecule has 4 saturated carbocycles.